The summed E-state index contributed by atoms with van der Waals surface area (Å²) >= 11 is 1.89. The summed E-state index contributed by atoms with van der Waals surface area (Å²) in [5, 5.41) is 4.84. The third kappa shape index (κ3) is 3.00. The first-order valence-corrected chi connectivity index (χ1v) is 8.54. The van der Waals surface area contributed by atoms with Gasteiger partial charge in [0.25, 0.3) is 0 Å². The van der Waals surface area contributed by atoms with Crippen molar-refractivity contribution in [3.8, 4) is 0 Å². The lowest BCUT2D eigenvalue weighted by Crippen LogP contribution is -2.46. The monoisotopic (exact) mass is 289 g/mol. The molecule has 108 valence electrons. The molecule has 0 bridgehead atoms. The van der Waals surface area contributed by atoms with Crippen molar-refractivity contribution in [1.29, 1.82) is 0 Å². The molecule has 2 heterocycles. The highest BCUT2D eigenvalue weighted by Gasteiger charge is 2.39. The standard InChI is InChI=1S/C16H23N3S/c1-12-5-7-16(8-6-12)11-20-15(19-16)18-13(2)14-4-3-9-17-10-14/h3-4,9-10,12-13H,5-8,11H2,1-2H3,(H,18,19). The van der Waals surface area contributed by atoms with Crippen LogP contribution in [0.2, 0.25) is 0 Å². The SMILES string of the molecule is CC1CCC2(CC1)CSC(=NC(C)c1cccnc1)N2. The maximum absolute atomic E-state index is 4.84. The van der Waals surface area contributed by atoms with E-state index in [1.54, 1.807) is 0 Å². The number of amidine groups is 1. The van der Waals surface area contributed by atoms with Crippen LogP contribution < -0.4 is 5.32 Å². The second kappa shape index (κ2) is 5.76. The van der Waals surface area contributed by atoms with Gasteiger partial charge in [-0.3, -0.25) is 9.98 Å². The summed E-state index contributed by atoms with van der Waals surface area (Å²) in [6.07, 6.45) is 9.00. The second-order valence-electron chi connectivity index (χ2n) is 6.27. The Morgan fingerprint density at radius 2 is 2.25 bits per heavy atom. The van der Waals surface area contributed by atoms with E-state index in [-0.39, 0.29) is 6.04 Å². The molecule has 0 amide bonds. The van der Waals surface area contributed by atoms with E-state index in [9.17, 15) is 0 Å². The normalized spacial score (nSPS) is 33.3. The summed E-state index contributed by atoms with van der Waals surface area (Å²) in [5.74, 6) is 2.07. The van der Waals surface area contributed by atoms with E-state index in [2.05, 4.69) is 30.2 Å². The number of pyridine rings is 1. The number of hydrogen-bond acceptors (Lipinski definition) is 3. The van der Waals surface area contributed by atoms with Gasteiger partial charge in [-0.2, -0.15) is 0 Å². The Labute approximate surface area is 125 Å². The molecule has 1 aromatic heterocycles. The molecule has 20 heavy (non-hydrogen) atoms. The first kappa shape index (κ1) is 13.9. The van der Waals surface area contributed by atoms with Gasteiger partial charge in [-0.1, -0.05) is 24.8 Å². The molecule has 4 heteroatoms. The van der Waals surface area contributed by atoms with Crippen molar-refractivity contribution in [2.24, 2.45) is 10.9 Å². The highest BCUT2D eigenvalue weighted by atomic mass is 32.2. The number of nitrogens with one attached hydrogen (secondary N) is 1. The van der Waals surface area contributed by atoms with Gasteiger partial charge >= 0.3 is 0 Å². The molecule has 1 saturated heterocycles. The Morgan fingerprint density at radius 3 is 2.95 bits per heavy atom. The Balaban J connectivity index is 1.66. The van der Waals surface area contributed by atoms with Crippen molar-refractivity contribution in [3.63, 3.8) is 0 Å². The minimum absolute atomic E-state index is 0.177. The number of aromatic nitrogens is 1. The maximum Gasteiger partial charge on any atom is 0.157 e. The van der Waals surface area contributed by atoms with Gasteiger partial charge in [0.05, 0.1) is 6.04 Å². The zero-order chi connectivity index (χ0) is 14.0. The zero-order valence-corrected chi connectivity index (χ0v) is 13.1. The number of nitrogens with zero attached hydrogens (tertiary/aromatic N) is 2. The van der Waals surface area contributed by atoms with Crippen LogP contribution in [0.1, 0.15) is 51.1 Å². The van der Waals surface area contributed by atoms with Crippen LogP contribution >= 0.6 is 11.8 Å². The molecule has 3 nitrogen and oxygen atoms in total. The average molecular weight is 289 g/mol. The van der Waals surface area contributed by atoms with Crippen molar-refractivity contribution in [2.45, 2.75) is 51.1 Å². The summed E-state index contributed by atoms with van der Waals surface area (Å²) in [5.41, 5.74) is 1.51. The number of rotatable bonds is 2. The van der Waals surface area contributed by atoms with Crippen molar-refractivity contribution >= 4 is 16.9 Å². The van der Waals surface area contributed by atoms with Gasteiger partial charge in [-0.15, -0.1) is 0 Å². The molecule has 1 atom stereocenters. The Morgan fingerprint density at radius 1 is 1.45 bits per heavy atom. The topological polar surface area (TPSA) is 37.3 Å². The summed E-state index contributed by atoms with van der Waals surface area (Å²) in [6, 6.07) is 4.25. The molecular formula is C16H23N3S. The average Bonchev–Trinajstić information content (AvgIpc) is 2.86. The molecule has 1 N–H and O–H groups in total. The van der Waals surface area contributed by atoms with E-state index < -0.39 is 0 Å². The van der Waals surface area contributed by atoms with Crippen LogP contribution in [0.15, 0.2) is 29.5 Å². The number of aliphatic imine (C=N–C) groups is 1. The molecule has 1 saturated carbocycles. The molecule has 2 fully saturated rings. The summed E-state index contributed by atoms with van der Waals surface area (Å²) in [7, 11) is 0. The predicted molar refractivity (Wildman–Crippen MR) is 86.0 cm³/mol. The van der Waals surface area contributed by atoms with E-state index in [1.807, 2.05) is 30.2 Å². The second-order valence-corrected chi connectivity index (χ2v) is 7.24. The van der Waals surface area contributed by atoms with Gasteiger partial charge < -0.3 is 5.32 Å². The third-order valence-electron chi connectivity index (χ3n) is 4.57. The molecule has 0 aromatic carbocycles. The lowest BCUT2D eigenvalue weighted by molar-refractivity contribution is 0.250. The molecule has 3 rings (SSSR count). The minimum Gasteiger partial charge on any atom is -0.359 e. The number of thioether (sulfide) groups is 1. The fourth-order valence-corrected chi connectivity index (χ4v) is 4.33. The van der Waals surface area contributed by atoms with E-state index in [1.165, 1.54) is 37.0 Å². The molecule has 2 aliphatic rings. The first-order valence-electron chi connectivity index (χ1n) is 7.56. The lowest BCUT2D eigenvalue weighted by Gasteiger charge is -2.35. The number of hydrogen-bond donors (Lipinski definition) is 1. The fourth-order valence-electron chi connectivity index (χ4n) is 3.03. The van der Waals surface area contributed by atoms with Gasteiger partial charge in [0.1, 0.15) is 0 Å². The minimum atomic E-state index is 0.177. The van der Waals surface area contributed by atoms with Crippen LogP contribution in [-0.2, 0) is 0 Å². The fraction of sp³-hybridized carbons (Fsp3) is 0.625. The van der Waals surface area contributed by atoms with Crippen molar-refractivity contribution in [2.75, 3.05) is 5.75 Å². The molecular weight excluding hydrogens is 266 g/mol. The maximum atomic E-state index is 4.84. The van der Waals surface area contributed by atoms with E-state index >= 15 is 0 Å². The van der Waals surface area contributed by atoms with Gasteiger partial charge in [0.15, 0.2) is 5.17 Å². The Kier molecular flexibility index (Phi) is 4.01. The van der Waals surface area contributed by atoms with Crippen LogP contribution in [0.25, 0.3) is 0 Å². The molecule has 1 unspecified atom stereocenters. The van der Waals surface area contributed by atoms with Gasteiger partial charge in [-0.25, -0.2) is 0 Å². The van der Waals surface area contributed by atoms with Gasteiger partial charge in [0.2, 0.25) is 0 Å². The summed E-state index contributed by atoms with van der Waals surface area (Å²) in [6.45, 7) is 4.51. The highest BCUT2D eigenvalue weighted by Crippen LogP contribution is 2.38. The van der Waals surface area contributed by atoms with Crippen molar-refractivity contribution in [1.82, 2.24) is 10.3 Å². The Hall–Kier alpha value is -1.03. The molecule has 1 spiro atoms. The van der Waals surface area contributed by atoms with Crippen LogP contribution in [0.5, 0.6) is 0 Å². The molecule has 1 aliphatic heterocycles. The molecule has 0 radical (unpaired) electrons. The lowest BCUT2D eigenvalue weighted by atomic mass is 9.78. The van der Waals surface area contributed by atoms with E-state index in [0.29, 0.717) is 5.54 Å². The van der Waals surface area contributed by atoms with Gasteiger partial charge in [0, 0.05) is 23.7 Å². The summed E-state index contributed by atoms with van der Waals surface area (Å²) in [4.78, 5) is 9.02. The van der Waals surface area contributed by atoms with Crippen LogP contribution in [0, 0.1) is 5.92 Å². The van der Waals surface area contributed by atoms with Crippen LogP contribution in [0.3, 0.4) is 0 Å². The van der Waals surface area contributed by atoms with Crippen LogP contribution in [-0.4, -0.2) is 21.4 Å². The quantitative estimate of drug-likeness (QED) is 0.900. The smallest absolute Gasteiger partial charge is 0.157 e. The highest BCUT2D eigenvalue weighted by molar-refractivity contribution is 8.14. The zero-order valence-electron chi connectivity index (χ0n) is 12.3. The summed E-state index contributed by atoms with van der Waals surface area (Å²) < 4.78 is 0. The van der Waals surface area contributed by atoms with E-state index in [4.69, 9.17) is 4.99 Å². The van der Waals surface area contributed by atoms with Crippen molar-refractivity contribution in [3.05, 3.63) is 30.1 Å². The van der Waals surface area contributed by atoms with Crippen molar-refractivity contribution < 1.29 is 0 Å². The largest absolute Gasteiger partial charge is 0.359 e. The van der Waals surface area contributed by atoms with Gasteiger partial charge in [-0.05, 0) is 50.2 Å². The van der Waals surface area contributed by atoms with Crippen LogP contribution in [0.4, 0.5) is 0 Å². The Bertz CT molecular complexity index is 478. The first-order chi connectivity index (χ1) is 9.67. The third-order valence-corrected chi connectivity index (χ3v) is 5.74. The molecule has 1 aliphatic carbocycles. The van der Waals surface area contributed by atoms with E-state index in [0.717, 1.165) is 11.1 Å². The molecule has 1 aromatic rings. The predicted octanol–water partition coefficient (Wildman–Crippen LogP) is 3.78.